The lowest BCUT2D eigenvalue weighted by molar-refractivity contribution is 0.414. The Morgan fingerprint density at radius 2 is 2.00 bits per heavy atom. The van der Waals surface area contributed by atoms with Crippen LogP contribution in [0.25, 0.3) is 0 Å². The van der Waals surface area contributed by atoms with Crippen molar-refractivity contribution >= 4 is 0 Å². The van der Waals surface area contributed by atoms with Gasteiger partial charge in [-0.2, -0.15) is 0 Å². The summed E-state index contributed by atoms with van der Waals surface area (Å²) in [7, 11) is 1.69. The molecule has 1 unspecified atom stereocenters. The van der Waals surface area contributed by atoms with Gasteiger partial charge in [0.25, 0.3) is 0 Å². The van der Waals surface area contributed by atoms with Crippen LogP contribution in [0, 0.1) is 0 Å². The number of nitrogens with one attached hydrogen (secondary N) is 2. The first-order chi connectivity index (χ1) is 8.83. The Kier molecular flexibility index (Phi) is 4.42. The van der Waals surface area contributed by atoms with E-state index < -0.39 is 0 Å². The molecule has 3 heteroatoms. The monoisotopic (exact) mass is 244 g/mol. The molecule has 1 aromatic carbocycles. The number of methoxy groups -OCH3 is 1. The number of H-pyrrole nitrogens is 1. The van der Waals surface area contributed by atoms with Crippen molar-refractivity contribution in [2.24, 2.45) is 0 Å². The Morgan fingerprint density at radius 1 is 1.22 bits per heavy atom. The van der Waals surface area contributed by atoms with Crippen LogP contribution in [0.1, 0.15) is 30.5 Å². The number of aromatic amines is 1. The molecule has 1 aromatic heterocycles. The van der Waals surface area contributed by atoms with Gasteiger partial charge < -0.3 is 15.0 Å². The zero-order valence-electron chi connectivity index (χ0n) is 10.9. The largest absolute Gasteiger partial charge is 0.497 e. The first-order valence-electron chi connectivity index (χ1n) is 6.32. The summed E-state index contributed by atoms with van der Waals surface area (Å²) in [5, 5.41) is 3.56. The molecule has 0 saturated heterocycles. The molecule has 2 rings (SSSR count). The molecule has 1 atom stereocenters. The molecule has 2 aromatic rings. The first kappa shape index (κ1) is 12.7. The molecular weight excluding hydrogens is 224 g/mol. The molecule has 0 fully saturated rings. The summed E-state index contributed by atoms with van der Waals surface area (Å²) in [6.07, 6.45) is 5.04. The Morgan fingerprint density at radius 3 is 2.56 bits per heavy atom. The van der Waals surface area contributed by atoms with Crippen molar-refractivity contribution in [2.45, 2.75) is 25.9 Å². The number of hydrogen-bond donors (Lipinski definition) is 2. The summed E-state index contributed by atoms with van der Waals surface area (Å²) in [4.78, 5) is 3.07. The summed E-state index contributed by atoms with van der Waals surface area (Å²) >= 11 is 0. The SMILES string of the molecule is CCC(NCc1cc[nH]c1)c1ccc(OC)cc1. The Hall–Kier alpha value is -1.74. The predicted octanol–water partition coefficient (Wildman–Crippen LogP) is 3.26. The molecule has 0 bridgehead atoms. The minimum atomic E-state index is 0.380. The van der Waals surface area contributed by atoms with Crippen LogP contribution in [0.15, 0.2) is 42.7 Å². The van der Waals surface area contributed by atoms with Crippen LogP contribution >= 0.6 is 0 Å². The van der Waals surface area contributed by atoms with Crippen LogP contribution in [0.5, 0.6) is 5.75 Å². The van der Waals surface area contributed by atoms with Gasteiger partial charge in [0.15, 0.2) is 0 Å². The molecule has 0 spiro atoms. The van der Waals surface area contributed by atoms with E-state index in [1.54, 1.807) is 7.11 Å². The summed E-state index contributed by atoms with van der Waals surface area (Å²) in [5.41, 5.74) is 2.58. The summed E-state index contributed by atoms with van der Waals surface area (Å²) in [6, 6.07) is 10.7. The second kappa shape index (κ2) is 6.26. The van der Waals surface area contributed by atoms with Crippen molar-refractivity contribution in [3.63, 3.8) is 0 Å². The minimum Gasteiger partial charge on any atom is -0.497 e. The fourth-order valence-corrected chi connectivity index (χ4v) is 2.04. The van der Waals surface area contributed by atoms with E-state index in [-0.39, 0.29) is 0 Å². The maximum atomic E-state index is 5.18. The predicted molar refractivity (Wildman–Crippen MR) is 73.7 cm³/mol. The molecule has 0 saturated carbocycles. The highest BCUT2D eigenvalue weighted by atomic mass is 16.5. The number of hydrogen-bond acceptors (Lipinski definition) is 2. The maximum Gasteiger partial charge on any atom is 0.118 e. The quantitative estimate of drug-likeness (QED) is 0.818. The van der Waals surface area contributed by atoms with Crippen molar-refractivity contribution in [3.05, 3.63) is 53.9 Å². The third kappa shape index (κ3) is 3.14. The van der Waals surface area contributed by atoms with Crippen LogP contribution in [0.3, 0.4) is 0 Å². The Balaban J connectivity index is 1.98. The average molecular weight is 244 g/mol. The smallest absolute Gasteiger partial charge is 0.118 e. The van der Waals surface area contributed by atoms with E-state index in [0.29, 0.717) is 6.04 Å². The lowest BCUT2D eigenvalue weighted by Crippen LogP contribution is -2.19. The topological polar surface area (TPSA) is 37.0 Å². The fourth-order valence-electron chi connectivity index (χ4n) is 2.04. The van der Waals surface area contributed by atoms with Crippen LogP contribution in [-0.2, 0) is 6.54 Å². The van der Waals surface area contributed by atoms with E-state index in [2.05, 4.69) is 35.4 Å². The molecule has 18 heavy (non-hydrogen) atoms. The molecule has 0 amide bonds. The van der Waals surface area contributed by atoms with Gasteiger partial charge in [0, 0.05) is 25.0 Å². The third-order valence-electron chi connectivity index (χ3n) is 3.14. The zero-order valence-corrected chi connectivity index (χ0v) is 10.9. The van der Waals surface area contributed by atoms with Crippen molar-refractivity contribution in [3.8, 4) is 5.75 Å². The standard InChI is InChI=1S/C15H20N2O/c1-3-15(17-11-12-8-9-16-10-12)13-4-6-14(18-2)7-5-13/h4-10,15-17H,3,11H2,1-2H3. The minimum absolute atomic E-state index is 0.380. The highest BCUT2D eigenvalue weighted by molar-refractivity contribution is 5.29. The number of aromatic nitrogens is 1. The lowest BCUT2D eigenvalue weighted by Gasteiger charge is -2.17. The van der Waals surface area contributed by atoms with Gasteiger partial charge in [0.1, 0.15) is 5.75 Å². The summed E-state index contributed by atoms with van der Waals surface area (Å²) < 4.78 is 5.18. The molecule has 96 valence electrons. The van der Waals surface area contributed by atoms with Gasteiger partial charge in [-0.05, 0) is 35.7 Å². The van der Waals surface area contributed by atoms with E-state index in [0.717, 1.165) is 18.7 Å². The van der Waals surface area contributed by atoms with Gasteiger partial charge >= 0.3 is 0 Å². The van der Waals surface area contributed by atoms with Crippen LogP contribution in [0.2, 0.25) is 0 Å². The number of rotatable bonds is 6. The molecule has 2 N–H and O–H groups in total. The van der Waals surface area contributed by atoms with E-state index in [4.69, 9.17) is 4.74 Å². The molecule has 0 radical (unpaired) electrons. The zero-order chi connectivity index (χ0) is 12.8. The molecule has 3 nitrogen and oxygen atoms in total. The van der Waals surface area contributed by atoms with Crippen molar-refractivity contribution in [2.75, 3.05) is 7.11 Å². The lowest BCUT2D eigenvalue weighted by atomic mass is 10.0. The second-order valence-electron chi connectivity index (χ2n) is 4.33. The summed E-state index contributed by atoms with van der Waals surface area (Å²) in [6.45, 7) is 3.08. The highest BCUT2D eigenvalue weighted by Crippen LogP contribution is 2.20. The normalized spacial score (nSPS) is 12.3. The Bertz CT molecular complexity index is 448. The highest BCUT2D eigenvalue weighted by Gasteiger charge is 2.08. The van der Waals surface area contributed by atoms with Gasteiger partial charge in [-0.1, -0.05) is 19.1 Å². The third-order valence-corrected chi connectivity index (χ3v) is 3.14. The van der Waals surface area contributed by atoms with Gasteiger partial charge in [0.2, 0.25) is 0 Å². The van der Waals surface area contributed by atoms with Gasteiger partial charge in [-0.3, -0.25) is 0 Å². The maximum absolute atomic E-state index is 5.18. The number of benzene rings is 1. The van der Waals surface area contributed by atoms with E-state index in [1.807, 2.05) is 24.5 Å². The van der Waals surface area contributed by atoms with E-state index >= 15 is 0 Å². The fraction of sp³-hybridized carbons (Fsp3) is 0.333. The molecule has 1 heterocycles. The molecular formula is C15H20N2O. The molecule has 0 aliphatic heterocycles. The Labute approximate surface area is 108 Å². The van der Waals surface area contributed by atoms with Crippen LogP contribution in [-0.4, -0.2) is 12.1 Å². The molecule has 0 aliphatic rings. The van der Waals surface area contributed by atoms with Gasteiger partial charge in [0.05, 0.1) is 7.11 Å². The van der Waals surface area contributed by atoms with Gasteiger partial charge in [-0.25, -0.2) is 0 Å². The van der Waals surface area contributed by atoms with E-state index in [9.17, 15) is 0 Å². The van der Waals surface area contributed by atoms with Crippen LogP contribution < -0.4 is 10.1 Å². The van der Waals surface area contributed by atoms with Crippen molar-refractivity contribution < 1.29 is 4.74 Å². The van der Waals surface area contributed by atoms with Crippen molar-refractivity contribution in [1.29, 1.82) is 0 Å². The van der Waals surface area contributed by atoms with Gasteiger partial charge in [-0.15, -0.1) is 0 Å². The number of ether oxygens (including phenoxy) is 1. The van der Waals surface area contributed by atoms with E-state index in [1.165, 1.54) is 11.1 Å². The van der Waals surface area contributed by atoms with Crippen LogP contribution in [0.4, 0.5) is 0 Å². The first-order valence-corrected chi connectivity index (χ1v) is 6.32. The second-order valence-corrected chi connectivity index (χ2v) is 4.33. The molecule has 0 aliphatic carbocycles. The van der Waals surface area contributed by atoms with Crippen molar-refractivity contribution in [1.82, 2.24) is 10.3 Å². The summed E-state index contributed by atoms with van der Waals surface area (Å²) in [5.74, 6) is 0.902. The average Bonchev–Trinajstić information content (AvgIpc) is 2.93.